The normalized spacial score (nSPS) is 36.8. The Morgan fingerprint density at radius 2 is 1.75 bits per heavy atom. The fraction of sp³-hybridized carbons (Fsp3) is 1.00. The van der Waals surface area contributed by atoms with E-state index in [-0.39, 0.29) is 0 Å². The zero-order valence-electron chi connectivity index (χ0n) is 5.21. The summed E-state index contributed by atoms with van der Waals surface area (Å²) in [7, 11) is 0. The molecule has 0 unspecified atom stereocenters. The van der Waals surface area contributed by atoms with Crippen molar-refractivity contribution in [3.8, 4) is 0 Å². The van der Waals surface area contributed by atoms with Crippen molar-refractivity contribution in [3.05, 3.63) is 0 Å². The van der Waals surface area contributed by atoms with E-state index in [9.17, 15) is 4.39 Å². The van der Waals surface area contributed by atoms with Crippen LogP contribution in [0.25, 0.3) is 0 Å². The zero-order chi connectivity index (χ0) is 5.83. The van der Waals surface area contributed by atoms with E-state index in [1.807, 2.05) is 0 Å². The average Bonchev–Trinajstić information content (AvgIpc) is 2.12. The average molecular weight is 114 g/mol. The van der Waals surface area contributed by atoms with E-state index in [4.69, 9.17) is 0 Å². The number of alkyl halides is 1. The number of rotatable bonds is 0. The van der Waals surface area contributed by atoms with Crippen LogP contribution in [-0.4, -0.2) is 5.67 Å². The molecule has 0 nitrogen and oxygen atoms in total. The summed E-state index contributed by atoms with van der Waals surface area (Å²) in [6.07, 6.45) is 4.29. The fourth-order valence-corrected chi connectivity index (χ4v) is 2.04. The second-order valence-electron chi connectivity index (χ2n) is 3.77. The third-order valence-corrected chi connectivity index (χ3v) is 2.44. The first-order chi connectivity index (χ1) is 3.62. The highest BCUT2D eigenvalue weighted by molar-refractivity contribution is 5.10. The molecule has 0 atom stereocenters. The summed E-state index contributed by atoms with van der Waals surface area (Å²) in [6.45, 7) is 1.72. The first kappa shape index (κ1) is 4.78. The van der Waals surface area contributed by atoms with E-state index in [2.05, 4.69) is 0 Å². The van der Waals surface area contributed by atoms with Crippen LogP contribution in [0.2, 0.25) is 0 Å². The third kappa shape index (κ3) is 0.503. The molecule has 0 aromatic carbocycles. The standard InChI is InChI=1S/C7H11F/c1-6(8)4-7(5-6)2-3-7/h2-5H2,1H3. The molecule has 1 spiro atoms. The molecular formula is C7H11F. The quantitative estimate of drug-likeness (QED) is 0.453. The predicted molar refractivity (Wildman–Crippen MR) is 30.4 cm³/mol. The van der Waals surface area contributed by atoms with Gasteiger partial charge in [0.2, 0.25) is 0 Å². The van der Waals surface area contributed by atoms with Gasteiger partial charge in [-0.2, -0.15) is 0 Å². The van der Waals surface area contributed by atoms with Crippen molar-refractivity contribution in [1.29, 1.82) is 0 Å². The summed E-state index contributed by atoms with van der Waals surface area (Å²) >= 11 is 0. The van der Waals surface area contributed by atoms with E-state index in [1.165, 1.54) is 12.8 Å². The zero-order valence-corrected chi connectivity index (χ0v) is 5.21. The Labute approximate surface area is 49.1 Å². The molecule has 2 aliphatic rings. The van der Waals surface area contributed by atoms with Crippen LogP contribution in [0.3, 0.4) is 0 Å². The smallest absolute Gasteiger partial charge is 0.109 e. The lowest BCUT2D eigenvalue weighted by Gasteiger charge is -2.39. The lowest BCUT2D eigenvalue weighted by atomic mass is 9.71. The summed E-state index contributed by atoms with van der Waals surface area (Å²) < 4.78 is 12.7. The van der Waals surface area contributed by atoms with E-state index in [0.717, 1.165) is 12.8 Å². The Morgan fingerprint density at radius 3 is 1.88 bits per heavy atom. The van der Waals surface area contributed by atoms with Gasteiger partial charge in [0.25, 0.3) is 0 Å². The molecule has 46 valence electrons. The van der Waals surface area contributed by atoms with E-state index in [0.29, 0.717) is 5.41 Å². The van der Waals surface area contributed by atoms with Crippen molar-refractivity contribution in [2.24, 2.45) is 5.41 Å². The van der Waals surface area contributed by atoms with Crippen molar-refractivity contribution >= 4 is 0 Å². The van der Waals surface area contributed by atoms with Crippen molar-refractivity contribution in [3.63, 3.8) is 0 Å². The van der Waals surface area contributed by atoms with Crippen molar-refractivity contribution in [1.82, 2.24) is 0 Å². The van der Waals surface area contributed by atoms with E-state index in [1.54, 1.807) is 6.92 Å². The maximum Gasteiger partial charge on any atom is 0.109 e. The van der Waals surface area contributed by atoms with Gasteiger partial charge in [0.1, 0.15) is 5.67 Å². The molecule has 0 N–H and O–H groups in total. The minimum Gasteiger partial charge on any atom is -0.244 e. The topological polar surface area (TPSA) is 0 Å². The predicted octanol–water partition coefficient (Wildman–Crippen LogP) is 2.29. The van der Waals surface area contributed by atoms with Gasteiger partial charge in [0, 0.05) is 0 Å². The van der Waals surface area contributed by atoms with Crippen LogP contribution >= 0.6 is 0 Å². The molecular weight excluding hydrogens is 103 g/mol. The van der Waals surface area contributed by atoms with Crippen LogP contribution in [0, 0.1) is 5.41 Å². The number of hydrogen-bond acceptors (Lipinski definition) is 0. The van der Waals surface area contributed by atoms with Gasteiger partial charge in [0.15, 0.2) is 0 Å². The lowest BCUT2D eigenvalue weighted by Crippen LogP contribution is -2.37. The Bertz CT molecular complexity index is 110. The van der Waals surface area contributed by atoms with Crippen LogP contribution in [-0.2, 0) is 0 Å². The molecule has 0 amide bonds. The lowest BCUT2D eigenvalue weighted by molar-refractivity contribution is 0.00982. The molecule has 0 heterocycles. The number of halogens is 1. The summed E-state index contributed by atoms with van der Waals surface area (Å²) in [5.74, 6) is 0. The molecule has 0 radical (unpaired) electrons. The van der Waals surface area contributed by atoms with Gasteiger partial charge >= 0.3 is 0 Å². The molecule has 2 aliphatic carbocycles. The minimum atomic E-state index is -0.781. The van der Waals surface area contributed by atoms with Gasteiger partial charge in [-0.3, -0.25) is 0 Å². The van der Waals surface area contributed by atoms with Gasteiger partial charge < -0.3 is 0 Å². The molecule has 0 aliphatic heterocycles. The van der Waals surface area contributed by atoms with Crippen LogP contribution < -0.4 is 0 Å². The van der Waals surface area contributed by atoms with Crippen molar-refractivity contribution in [2.75, 3.05) is 0 Å². The first-order valence-corrected chi connectivity index (χ1v) is 3.31. The Morgan fingerprint density at radius 1 is 1.25 bits per heavy atom. The molecule has 2 saturated carbocycles. The molecule has 2 fully saturated rings. The highest BCUT2D eigenvalue weighted by Gasteiger charge is 2.59. The highest BCUT2D eigenvalue weighted by atomic mass is 19.1. The highest BCUT2D eigenvalue weighted by Crippen LogP contribution is 2.65. The monoisotopic (exact) mass is 114 g/mol. The summed E-state index contributed by atoms with van der Waals surface area (Å²) in [4.78, 5) is 0. The third-order valence-electron chi connectivity index (χ3n) is 2.44. The summed E-state index contributed by atoms with van der Waals surface area (Å²) in [6, 6.07) is 0. The Balaban J connectivity index is 2.00. The fourth-order valence-electron chi connectivity index (χ4n) is 2.04. The first-order valence-electron chi connectivity index (χ1n) is 3.31. The molecule has 0 aromatic rings. The Hall–Kier alpha value is -0.0700. The molecule has 1 heteroatoms. The van der Waals surface area contributed by atoms with Gasteiger partial charge in [0.05, 0.1) is 0 Å². The van der Waals surface area contributed by atoms with Crippen molar-refractivity contribution < 1.29 is 4.39 Å². The maximum absolute atomic E-state index is 12.7. The Kier molecular flexibility index (Phi) is 0.573. The van der Waals surface area contributed by atoms with Gasteiger partial charge in [-0.05, 0) is 38.0 Å². The molecule has 2 rings (SSSR count). The minimum absolute atomic E-state index is 0.531. The summed E-state index contributed by atoms with van der Waals surface area (Å²) in [5, 5.41) is 0. The number of hydrogen-bond donors (Lipinski definition) is 0. The van der Waals surface area contributed by atoms with Gasteiger partial charge in [-0.1, -0.05) is 0 Å². The SMILES string of the molecule is CC1(F)CC2(CC2)C1. The van der Waals surface area contributed by atoms with Gasteiger partial charge in [-0.25, -0.2) is 4.39 Å². The van der Waals surface area contributed by atoms with Crippen LogP contribution in [0.4, 0.5) is 4.39 Å². The van der Waals surface area contributed by atoms with E-state index < -0.39 is 5.67 Å². The van der Waals surface area contributed by atoms with Crippen LogP contribution in [0.1, 0.15) is 32.6 Å². The molecule has 8 heavy (non-hydrogen) atoms. The van der Waals surface area contributed by atoms with Crippen LogP contribution in [0.5, 0.6) is 0 Å². The second kappa shape index (κ2) is 0.960. The molecule has 0 aromatic heterocycles. The molecule has 0 bridgehead atoms. The van der Waals surface area contributed by atoms with E-state index >= 15 is 0 Å². The largest absolute Gasteiger partial charge is 0.244 e. The second-order valence-corrected chi connectivity index (χ2v) is 3.77. The summed E-state index contributed by atoms with van der Waals surface area (Å²) in [5.41, 5.74) is -0.250. The molecule has 0 saturated heterocycles. The van der Waals surface area contributed by atoms with Crippen LogP contribution in [0.15, 0.2) is 0 Å². The maximum atomic E-state index is 12.7. The van der Waals surface area contributed by atoms with Crippen molar-refractivity contribution in [2.45, 2.75) is 38.3 Å². The van der Waals surface area contributed by atoms with Gasteiger partial charge in [-0.15, -0.1) is 0 Å².